The monoisotopic (exact) mass is 561 g/mol. The number of hydrogen-bond acceptors (Lipinski definition) is 10. The molecule has 0 radical (unpaired) electrons. The number of methoxy groups -OCH3 is 1. The quantitative estimate of drug-likeness (QED) is 0.388. The summed E-state index contributed by atoms with van der Waals surface area (Å²) in [7, 11) is 1.64. The smallest absolute Gasteiger partial charge is 0.324 e. The van der Waals surface area contributed by atoms with Crippen molar-refractivity contribution >= 4 is 12.0 Å². The molecule has 10 nitrogen and oxygen atoms in total. The van der Waals surface area contributed by atoms with E-state index in [1.165, 1.54) is 0 Å². The maximum absolute atomic E-state index is 14.4. The third kappa shape index (κ3) is 5.99. The second-order valence-electron chi connectivity index (χ2n) is 10.7. The van der Waals surface area contributed by atoms with Crippen molar-refractivity contribution in [2.24, 2.45) is 11.7 Å². The van der Waals surface area contributed by atoms with Crippen LogP contribution in [-0.2, 0) is 4.74 Å². The van der Waals surface area contributed by atoms with Crippen molar-refractivity contribution in [1.82, 2.24) is 20.1 Å². The van der Waals surface area contributed by atoms with E-state index in [9.17, 15) is 13.2 Å². The fourth-order valence-corrected chi connectivity index (χ4v) is 5.33. The van der Waals surface area contributed by atoms with Gasteiger partial charge < -0.3 is 29.5 Å². The number of nitrogens with two attached hydrogens (primary N) is 1. The van der Waals surface area contributed by atoms with Crippen LogP contribution in [0, 0.1) is 23.4 Å². The average molecular weight is 562 g/mol. The van der Waals surface area contributed by atoms with Gasteiger partial charge in [-0.1, -0.05) is 19.0 Å². The van der Waals surface area contributed by atoms with Gasteiger partial charge in [0.25, 0.3) is 0 Å². The van der Waals surface area contributed by atoms with E-state index in [1.807, 2.05) is 13.8 Å². The van der Waals surface area contributed by atoms with Crippen molar-refractivity contribution in [1.29, 1.82) is 0 Å². The molecule has 3 unspecified atom stereocenters. The fraction of sp³-hybridized carbons (Fsp3) is 0.556. The van der Waals surface area contributed by atoms with Crippen LogP contribution in [0.1, 0.15) is 49.9 Å². The lowest BCUT2D eigenvalue weighted by Crippen LogP contribution is -2.41. The molecule has 2 aliphatic heterocycles. The lowest BCUT2D eigenvalue weighted by atomic mass is 9.91. The molecular formula is C27H34F3N7O3. The summed E-state index contributed by atoms with van der Waals surface area (Å²) in [5.74, 6) is -1.65. The molecule has 1 aromatic carbocycles. The van der Waals surface area contributed by atoms with Gasteiger partial charge in [0, 0.05) is 63.2 Å². The molecule has 2 fully saturated rings. The topological polar surface area (TPSA) is 116 Å². The molecule has 3 aromatic rings. The van der Waals surface area contributed by atoms with Crippen LogP contribution in [0.4, 0.5) is 25.1 Å². The standard InChI is InChI=1S/C27H34F3N7O3/c1-15(2)25-34-27(40-35-25)36-6-4-16(5-7-36)24(14-38-3)39-17-10-32-26(33-11-17)37-12-19(23(31)13-37)18-8-21(29)22(30)9-20(18)28/h8-11,15-16,19,23-24H,4-7,12-14,31H2,1-3H3. The lowest BCUT2D eigenvalue weighted by Gasteiger charge is -2.34. The van der Waals surface area contributed by atoms with Crippen LogP contribution < -0.4 is 20.3 Å². The minimum absolute atomic E-state index is 0.0433. The Kier molecular flexibility index (Phi) is 8.40. The van der Waals surface area contributed by atoms with E-state index in [0.717, 1.165) is 32.0 Å². The molecule has 216 valence electrons. The molecule has 13 heteroatoms. The van der Waals surface area contributed by atoms with E-state index in [1.54, 1.807) is 24.4 Å². The highest BCUT2D eigenvalue weighted by atomic mass is 19.2. The number of anilines is 2. The van der Waals surface area contributed by atoms with Crippen LogP contribution in [0.5, 0.6) is 5.75 Å². The minimum Gasteiger partial charge on any atom is -0.484 e. The first kappa shape index (κ1) is 28.1. The summed E-state index contributed by atoms with van der Waals surface area (Å²) in [5.41, 5.74) is 6.28. The number of piperidine rings is 1. The van der Waals surface area contributed by atoms with E-state index < -0.39 is 29.4 Å². The molecule has 0 amide bonds. The summed E-state index contributed by atoms with van der Waals surface area (Å²) in [5, 5.41) is 4.06. The van der Waals surface area contributed by atoms with Crippen LogP contribution in [0.25, 0.3) is 0 Å². The number of benzene rings is 1. The van der Waals surface area contributed by atoms with Gasteiger partial charge in [0.05, 0.1) is 19.0 Å². The Morgan fingerprint density at radius 1 is 1.02 bits per heavy atom. The summed E-state index contributed by atoms with van der Waals surface area (Å²) in [6.07, 6.45) is 4.70. The summed E-state index contributed by atoms with van der Waals surface area (Å²) < 4.78 is 58.6. The number of ether oxygens (including phenoxy) is 2. The van der Waals surface area contributed by atoms with Crippen molar-refractivity contribution in [2.75, 3.05) is 49.7 Å². The molecule has 0 bridgehead atoms. The SMILES string of the molecule is COCC(Oc1cnc(N2CC(N)C(c3cc(F)c(F)cc3F)C2)nc1)C1CCN(c2nc(C(C)C)no2)CC1. The largest absolute Gasteiger partial charge is 0.484 e. The van der Waals surface area contributed by atoms with Gasteiger partial charge in [0.1, 0.15) is 11.9 Å². The summed E-state index contributed by atoms with van der Waals surface area (Å²) in [6.45, 7) is 6.60. The average Bonchev–Trinajstić information content (AvgIpc) is 3.59. The van der Waals surface area contributed by atoms with Gasteiger partial charge in [-0.2, -0.15) is 4.98 Å². The first-order valence-electron chi connectivity index (χ1n) is 13.4. The Balaban J connectivity index is 1.19. The number of nitrogens with zero attached hydrogens (tertiary/aromatic N) is 6. The van der Waals surface area contributed by atoms with Crippen LogP contribution in [0.15, 0.2) is 29.0 Å². The maximum atomic E-state index is 14.4. The number of halogens is 3. The molecule has 2 N–H and O–H groups in total. The highest BCUT2D eigenvalue weighted by Gasteiger charge is 2.35. The first-order valence-corrected chi connectivity index (χ1v) is 13.4. The molecule has 4 heterocycles. The molecule has 0 saturated carbocycles. The fourth-order valence-electron chi connectivity index (χ4n) is 5.33. The van der Waals surface area contributed by atoms with Crippen molar-refractivity contribution in [2.45, 2.75) is 50.7 Å². The number of hydrogen-bond donors (Lipinski definition) is 1. The summed E-state index contributed by atoms with van der Waals surface area (Å²) in [4.78, 5) is 17.3. The molecule has 2 aromatic heterocycles. The second kappa shape index (κ2) is 12.0. The highest BCUT2D eigenvalue weighted by molar-refractivity contribution is 5.39. The Labute approximate surface area is 230 Å². The number of rotatable bonds is 9. The molecular weight excluding hydrogens is 527 g/mol. The Hall–Kier alpha value is -3.45. The first-order chi connectivity index (χ1) is 19.2. The Bertz CT molecular complexity index is 1280. The van der Waals surface area contributed by atoms with Crippen LogP contribution in [0.3, 0.4) is 0 Å². The van der Waals surface area contributed by atoms with E-state index in [4.69, 9.17) is 19.7 Å². The van der Waals surface area contributed by atoms with Crippen molar-refractivity contribution < 1.29 is 27.2 Å². The van der Waals surface area contributed by atoms with Gasteiger partial charge in [-0.05, 0) is 24.5 Å². The van der Waals surface area contributed by atoms with E-state index in [2.05, 4.69) is 25.0 Å². The number of aromatic nitrogens is 4. The highest BCUT2D eigenvalue weighted by Crippen LogP contribution is 2.32. The maximum Gasteiger partial charge on any atom is 0.324 e. The van der Waals surface area contributed by atoms with E-state index in [-0.39, 0.29) is 30.0 Å². The predicted molar refractivity (Wildman–Crippen MR) is 141 cm³/mol. The predicted octanol–water partition coefficient (Wildman–Crippen LogP) is 3.64. The van der Waals surface area contributed by atoms with Gasteiger partial charge >= 0.3 is 6.01 Å². The molecule has 2 aliphatic rings. The van der Waals surface area contributed by atoms with Gasteiger partial charge in [0.2, 0.25) is 5.95 Å². The zero-order valence-corrected chi connectivity index (χ0v) is 22.8. The molecule has 5 rings (SSSR count). The van der Waals surface area contributed by atoms with Crippen molar-refractivity contribution in [3.05, 3.63) is 53.4 Å². The van der Waals surface area contributed by atoms with Gasteiger partial charge in [0.15, 0.2) is 23.2 Å². The zero-order valence-electron chi connectivity index (χ0n) is 22.8. The summed E-state index contributed by atoms with van der Waals surface area (Å²) in [6, 6.07) is 1.48. The van der Waals surface area contributed by atoms with Gasteiger partial charge in [-0.15, -0.1) is 0 Å². The second-order valence-corrected chi connectivity index (χ2v) is 10.7. The van der Waals surface area contributed by atoms with Crippen LogP contribution in [-0.4, -0.2) is 72.2 Å². The molecule has 0 aliphatic carbocycles. The van der Waals surface area contributed by atoms with E-state index in [0.29, 0.717) is 42.8 Å². The summed E-state index contributed by atoms with van der Waals surface area (Å²) >= 11 is 0. The Morgan fingerprint density at radius 3 is 2.38 bits per heavy atom. The van der Waals surface area contributed by atoms with Gasteiger partial charge in [-0.3, -0.25) is 0 Å². The molecule has 3 atom stereocenters. The minimum atomic E-state index is -1.23. The molecule has 2 saturated heterocycles. The normalized spacial score (nSPS) is 20.9. The van der Waals surface area contributed by atoms with E-state index >= 15 is 0 Å². The zero-order chi connectivity index (χ0) is 28.4. The van der Waals surface area contributed by atoms with Gasteiger partial charge in [-0.25, -0.2) is 23.1 Å². The molecule has 40 heavy (non-hydrogen) atoms. The van der Waals surface area contributed by atoms with Crippen LogP contribution in [0.2, 0.25) is 0 Å². The molecule has 0 spiro atoms. The van der Waals surface area contributed by atoms with Crippen LogP contribution >= 0.6 is 0 Å². The van der Waals surface area contributed by atoms with Crippen molar-refractivity contribution in [3.63, 3.8) is 0 Å². The third-order valence-corrected chi connectivity index (χ3v) is 7.60. The third-order valence-electron chi connectivity index (χ3n) is 7.60. The lowest BCUT2D eigenvalue weighted by molar-refractivity contribution is 0.0340. The van der Waals surface area contributed by atoms with Crippen molar-refractivity contribution in [3.8, 4) is 5.75 Å². The Morgan fingerprint density at radius 2 is 1.73 bits per heavy atom.